The first-order valence-electron chi connectivity index (χ1n) is 5.74. The van der Waals surface area contributed by atoms with E-state index in [0.29, 0.717) is 29.6 Å². The first-order chi connectivity index (χ1) is 8.00. The van der Waals surface area contributed by atoms with Gasteiger partial charge in [0.1, 0.15) is 0 Å². The molecule has 92 valence electrons. The van der Waals surface area contributed by atoms with Crippen molar-refractivity contribution in [2.75, 3.05) is 13.2 Å². The smallest absolute Gasteiger partial charge is 0.185 e. The van der Waals surface area contributed by atoms with Crippen LogP contribution in [0.5, 0.6) is 0 Å². The van der Waals surface area contributed by atoms with E-state index in [1.807, 2.05) is 6.92 Å². The summed E-state index contributed by atoms with van der Waals surface area (Å²) in [5.74, 6) is -0.272. The first-order valence-corrected chi connectivity index (χ1v) is 5.74. The minimum Gasteiger partial charge on any atom is -0.396 e. The Bertz CT molecular complexity index is 444. The Morgan fingerprint density at radius 3 is 2.47 bits per heavy atom. The predicted octanol–water partition coefficient (Wildman–Crippen LogP) is 0.536. The molecule has 0 bridgehead atoms. The Balaban J connectivity index is 2.30. The summed E-state index contributed by atoms with van der Waals surface area (Å²) in [6.07, 6.45) is 2.47. The molecule has 0 aromatic rings. The van der Waals surface area contributed by atoms with Crippen LogP contribution in [0, 0.1) is 5.41 Å². The van der Waals surface area contributed by atoms with Gasteiger partial charge in [-0.25, -0.2) is 0 Å². The summed E-state index contributed by atoms with van der Waals surface area (Å²) in [4.78, 5) is 23.9. The maximum absolute atomic E-state index is 12.1. The Morgan fingerprint density at radius 2 is 1.88 bits per heavy atom. The second-order valence-electron chi connectivity index (χ2n) is 5.12. The Kier molecular flexibility index (Phi) is 3.02. The van der Waals surface area contributed by atoms with Crippen molar-refractivity contribution >= 4 is 11.6 Å². The molecule has 1 unspecified atom stereocenters. The fourth-order valence-corrected chi connectivity index (χ4v) is 2.51. The molecule has 17 heavy (non-hydrogen) atoms. The molecule has 0 saturated carbocycles. The van der Waals surface area contributed by atoms with Gasteiger partial charge < -0.3 is 10.2 Å². The average Bonchev–Trinajstić information content (AvgIpc) is 2.66. The van der Waals surface area contributed by atoms with Gasteiger partial charge in [-0.15, -0.1) is 0 Å². The number of hydrogen-bond acceptors (Lipinski definition) is 4. The largest absolute Gasteiger partial charge is 0.396 e. The summed E-state index contributed by atoms with van der Waals surface area (Å²) >= 11 is 0. The van der Waals surface area contributed by atoms with Gasteiger partial charge in [0.2, 0.25) is 0 Å². The molecule has 0 spiro atoms. The van der Waals surface area contributed by atoms with Crippen LogP contribution in [-0.2, 0) is 9.59 Å². The van der Waals surface area contributed by atoms with E-state index in [4.69, 9.17) is 5.11 Å². The highest BCUT2D eigenvalue weighted by atomic mass is 16.3. The number of allylic oxidation sites excluding steroid dienone is 3. The van der Waals surface area contributed by atoms with Crippen molar-refractivity contribution in [1.82, 2.24) is 0 Å². The molecule has 0 heterocycles. The van der Waals surface area contributed by atoms with Gasteiger partial charge in [-0.1, -0.05) is 6.92 Å². The molecule has 0 aromatic heterocycles. The summed E-state index contributed by atoms with van der Waals surface area (Å²) in [7, 11) is 0. The third-order valence-corrected chi connectivity index (χ3v) is 3.50. The quantitative estimate of drug-likeness (QED) is 0.701. The van der Waals surface area contributed by atoms with Crippen LogP contribution in [0.1, 0.15) is 26.2 Å². The highest BCUT2D eigenvalue weighted by Crippen LogP contribution is 2.44. The molecule has 0 saturated heterocycles. The van der Waals surface area contributed by atoms with Gasteiger partial charge in [0.05, 0.1) is 0 Å². The van der Waals surface area contributed by atoms with Crippen LogP contribution in [0.3, 0.4) is 0 Å². The van der Waals surface area contributed by atoms with E-state index in [9.17, 15) is 14.7 Å². The molecular weight excluding hydrogens is 220 g/mol. The van der Waals surface area contributed by atoms with Crippen molar-refractivity contribution in [2.24, 2.45) is 5.41 Å². The fraction of sp³-hybridized carbons (Fsp3) is 0.538. The van der Waals surface area contributed by atoms with Crippen LogP contribution in [0.25, 0.3) is 0 Å². The Hall–Kier alpha value is -1.26. The Morgan fingerprint density at radius 1 is 1.24 bits per heavy atom. The van der Waals surface area contributed by atoms with Gasteiger partial charge in [-0.05, 0) is 30.8 Å². The van der Waals surface area contributed by atoms with Crippen molar-refractivity contribution in [3.63, 3.8) is 0 Å². The third-order valence-electron chi connectivity index (χ3n) is 3.50. The van der Waals surface area contributed by atoms with E-state index in [0.717, 1.165) is 0 Å². The lowest BCUT2D eigenvalue weighted by molar-refractivity contribution is -0.116. The SMILES string of the molecule is CC1(CO)CC2=C(C1)C(=O)C(CCO)=CC2=O. The van der Waals surface area contributed by atoms with Gasteiger partial charge in [0.15, 0.2) is 11.6 Å². The zero-order valence-electron chi connectivity index (χ0n) is 9.82. The number of aliphatic hydroxyl groups excluding tert-OH is 2. The molecule has 2 aliphatic carbocycles. The van der Waals surface area contributed by atoms with Crippen molar-refractivity contribution in [3.8, 4) is 0 Å². The monoisotopic (exact) mass is 236 g/mol. The van der Waals surface area contributed by atoms with Crippen molar-refractivity contribution in [3.05, 3.63) is 22.8 Å². The lowest BCUT2D eigenvalue weighted by Gasteiger charge is -2.20. The molecule has 2 N–H and O–H groups in total. The van der Waals surface area contributed by atoms with E-state index < -0.39 is 5.41 Å². The maximum atomic E-state index is 12.1. The zero-order valence-corrected chi connectivity index (χ0v) is 9.82. The average molecular weight is 236 g/mol. The van der Waals surface area contributed by atoms with E-state index in [2.05, 4.69) is 0 Å². The summed E-state index contributed by atoms with van der Waals surface area (Å²) in [6, 6.07) is 0. The third kappa shape index (κ3) is 1.98. The molecule has 2 aliphatic rings. The van der Waals surface area contributed by atoms with Gasteiger partial charge in [0.25, 0.3) is 0 Å². The molecule has 2 rings (SSSR count). The Labute approximate surface area is 99.6 Å². The molecule has 0 aromatic carbocycles. The number of ketones is 2. The molecule has 4 nitrogen and oxygen atoms in total. The van der Waals surface area contributed by atoms with E-state index >= 15 is 0 Å². The molecule has 0 amide bonds. The lowest BCUT2D eigenvalue weighted by Crippen LogP contribution is -2.18. The molecule has 0 fully saturated rings. The maximum Gasteiger partial charge on any atom is 0.185 e. The van der Waals surface area contributed by atoms with Gasteiger partial charge in [-0.3, -0.25) is 9.59 Å². The minimum absolute atomic E-state index is 0.0319. The van der Waals surface area contributed by atoms with E-state index in [1.54, 1.807) is 0 Å². The number of aliphatic hydroxyl groups is 2. The van der Waals surface area contributed by atoms with Crippen LogP contribution in [0.2, 0.25) is 0 Å². The minimum atomic E-state index is -0.390. The van der Waals surface area contributed by atoms with Crippen LogP contribution < -0.4 is 0 Å². The van der Waals surface area contributed by atoms with Crippen molar-refractivity contribution < 1.29 is 19.8 Å². The summed E-state index contributed by atoms with van der Waals surface area (Å²) < 4.78 is 0. The predicted molar refractivity (Wildman–Crippen MR) is 61.3 cm³/mol. The topological polar surface area (TPSA) is 74.6 Å². The van der Waals surface area contributed by atoms with Crippen LogP contribution in [0.4, 0.5) is 0 Å². The lowest BCUT2D eigenvalue weighted by atomic mass is 9.86. The molecule has 0 aliphatic heterocycles. The number of rotatable bonds is 3. The van der Waals surface area contributed by atoms with Gasteiger partial charge >= 0.3 is 0 Å². The standard InChI is InChI=1S/C13H16O4/c1-13(7-15)5-9-10(6-13)12(17)8(2-3-14)4-11(9)16/h4,14-15H,2-3,5-7H2,1H3. The summed E-state index contributed by atoms with van der Waals surface area (Å²) in [6.45, 7) is 1.71. The van der Waals surface area contributed by atoms with Crippen molar-refractivity contribution in [1.29, 1.82) is 0 Å². The van der Waals surface area contributed by atoms with Crippen LogP contribution >= 0.6 is 0 Å². The highest BCUT2D eigenvalue weighted by Gasteiger charge is 2.41. The number of carbonyl (C=O) groups excluding carboxylic acids is 2. The normalized spacial score (nSPS) is 28.5. The van der Waals surface area contributed by atoms with Crippen LogP contribution in [-0.4, -0.2) is 35.0 Å². The van der Waals surface area contributed by atoms with Gasteiger partial charge in [-0.2, -0.15) is 0 Å². The van der Waals surface area contributed by atoms with E-state index in [1.165, 1.54) is 6.08 Å². The van der Waals surface area contributed by atoms with E-state index in [-0.39, 0.29) is 31.2 Å². The van der Waals surface area contributed by atoms with Crippen molar-refractivity contribution in [2.45, 2.75) is 26.2 Å². The number of hydrogen-bond donors (Lipinski definition) is 2. The zero-order chi connectivity index (χ0) is 12.6. The van der Waals surface area contributed by atoms with Gasteiger partial charge in [0, 0.05) is 29.9 Å². The summed E-state index contributed by atoms with van der Waals surface area (Å²) in [5, 5.41) is 18.2. The molecule has 4 heteroatoms. The molecular formula is C13H16O4. The van der Waals surface area contributed by atoms with Crippen LogP contribution in [0.15, 0.2) is 22.8 Å². The first kappa shape index (κ1) is 12.2. The summed E-state index contributed by atoms with van der Waals surface area (Å²) in [5.41, 5.74) is 1.09. The second-order valence-corrected chi connectivity index (χ2v) is 5.12. The highest BCUT2D eigenvalue weighted by molar-refractivity contribution is 6.23. The number of Topliss-reactive ketones (excluding diaryl/α,β-unsaturated/α-hetero) is 1. The molecule has 0 radical (unpaired) electrons. The molecule has 1 atom stereocenters. The number of carbonyl (C=O) groups is 2. The fourth-order valence-electron chi connectivity index (χ4n) is 2.51. The second kappa shape index (κ2) is 4.20.